The van der Waals surface area contributed by atoms with E-state index in [2.05, 4.69) is 10.3 Å². The zero-order valence-electron chi connectivity index (χ0n) is 10.3. The summed E-state index contributed by atoms with van der Waals surface area (Å²) in [6.07, 6.45) is 0. The van der Waals surface area contributed by atoms with Crippen molar-refractivity contribution in [1.82, 2.24) is 5.32 Å². The van der Waals surface area contributed by atoms with E-state index in [-0.39, 0.29) is 6.04 Å². The summed E-state index contributed by atoms with van der Waals surface area (Å²) in [6, 6.07) is 9.87. The van der Waals surface area contributed by atoms with Gasteiger partial charge in [-0.1, -0.05) is 42.1 Å². The fraction of sp³-hybridized carbons (Fsp3) is 0.385. The molecule has 0 radical (unpaired) electrons. The number of rotatable bonds is 3. The molecule has 1 amide bonds. The largest absolute Gasteiger partial charge is 0.358 e. The van der Waals surface area contributed by atoms with Gasteiger partial charge in [0.25, 0.3) is 5.91 Å². The second kappa shape index (κ2) is 5.10. The maximum absolute atomic E-state index is 12.8. The van der Waals surface area contributed by atoms with E-state index in [9.17, 15) is 9.18 Å². The summed E-state index contributed by atoms with van der Waals surface area (Å²) in [5.41, 5.74) is 1.10. The van der Waals surface area contributed by atoms with Crippen LogP contribution < -0.4 is 5.32 Å². The Balaban J connectivity index is 2.04. The molecule has 2 atom stereocenters. The predicted molar refractivity (Wildman–Crippen MR) is 72.4 cm³/mol. The lowest BCUT2D eigenvalue weighted by atomic mass is 10.1. The summed E-state index contributed by atoms with van der Waals surface area (Å²) in [5.74, 6) is -0.405. The van der Waals surface area contributed by atoms with Gasteiger partial charge in [0.1, 0.15) is 11.4 Å². The van der Waals surface area contributed by atoms with Crippen LogP contribution in [0.2, 0.25) is 0 Å². The van der Waals surface area contributed by atoms with Crippen LogP contribution in [0.1, 0.15) is 25.5 Å². The van der Waals surface area contributed by atoms with Gasteiger partial charge in [0.15, 0.2) is 5.17 Å². The smallest absolute Gasteiger partial charge is 0.267 e. The van der Waals surface area contributed by atoms with Crippen molar-refractivity contribution in [1.29, 1.82) is 0 Å². The lowest BCUT2D eigenvalue weighted by Gasteiger charge is -2.17. The summed E-state index contributed by atoms with van der Waals surface area (Å²) < 4.78 is 11.8. The second-order valence-corrected chi connectivity index (χ2v) is 5.96. The third kappa shape index (κ3) is 2.56. The molecule has 1 aromatic carbocycles. The fourth-order valence-corrected chi connectivity index (χ4v) is 2.63. The number of benzene rings is 1. The Morgan fingerprint density at radius 1 is 1.44 bits per heavy atom. The molecule has 0 spiro atoms. The van der Waals surface area contributed by atoms with E-state index >= 15 is 0 Å². The molecule has 1 aliphatic rings. The van der Waals surface area contributed by atoms with Crippen LogP contribution in [0.5, 0.6) is 0 Å². The molecule has 1 unspecified atom stereocenters. The molecule has 18 heavy (non-hydrogen) atoms. The minimum atomic E-state index is -1.06. The van der Waals surface area contributed by atoms with Gasteiger partial charge in [-0.25, -0.2) is 4.39 Å². The summed E-state index contributed by atoms with van der Waals surface area (Å²) >= 11 is 1.16. The number of halogens is 1. The average Bonchev–Trinajstić information content (AvgIpc) is 2.66. The lowest BCUT2D eigenvalue weighted by molar-refractivity contribution is -0.119. The van der Waals surface area contributed by atoms with Crippen LogP contribution in [0.4, 0.5) is 4.39 Å². The number of hydrogen-bond donors (Lipinski definition) is 1. The van der Waals surface area contributed by atoms with Gasteiger partial charge in [-0.05, 0) is 19.4 Å². The first-order chi connectivity index (χ1) is 8.55. The molecule has 0 aromatic heterocycles. The van der Waals surface area contributed by atoms with Crippen molar-refractivity contribution in [3.05, 3.63) is 35.9 Å². The van der Waals surface area contributed by atoms with E-state index in [1.165, 1.54) is 0 Å². The number of carbonyl (C=O) groups excluding carboxylic acids is 1. The summed E-state index contributed by atoms with van der Waals surface area (Å²) in [5, 5.41) is 3.64. The van der Waals surface area contributed by atoms with Gasteiger partial charge in [0.05, 0.1) is 6.04 Å². The minimum absolute atomic E-state index is 0.0345. The number of amides is 1. The normalized spacial score (nSPS) is 24.8. The number of amidine groups is 1. The number of alkyl halides is 1. The van der Waals surface area contributed by atoms with E-state index < -0.39 is 17.3 Å². The molecule has 1 N–H and O–H groups in total. The highest BCUT2D eigenvalue weighted by atomic mass is 32.2. The monoisotopic (exact) mass is 266 g/mol. The van der Waals surface area contributed by atoms with Gasteiger partial charge in [-0.3, -0.25) is 4.79 Å². The van der Waals surface area contributed by atoms with E-state index in [4.69, 9.17) is 0 Å². The summed E-state index contributed by atoms with van der Waals surface area (Å²) in [7, 11) is 0. The Bertz CT molecular complexity index is 477. The predicted octanol–water partition coefficient (Wildman–Crippen LogP) is 2.69. The maximum Gasteiger partial charge on any atom is 0.267 e. The van der Waals surface area contributed by atoms with Crippen LogP contribution in [0.3, 0.4) is 0 Å². The van der Waals surface area contributed by atoms with Gasteiger partial charge in [-0.15, -0.1) is 0 Å². The highest BCUT2D eigenvalue weighted by molar-refractivity contribution is 8.16. The standard InChI is InChI=1S/C13H15FN2OS/c1-9(10-6-4-3-5-7-10)15-12-16-11(17)13(2,8-14)18-12/h3-7,9H,8H2,1-2H3,(H,15,16,17)/t9-,13?/m0/s1. The molecule has 1 heterocycles. The quantitative estimate of drug-likeness (QED) is 0.914. The van der Waals surface area contributed by atoms with Crippen molar-refractivity contribution < 1.29 is 9.18 Å². The van der Waals surface area contributed by atoms with Crippen LogP contribution in [-0.2, 0) is 4.79 Å². The molecule has 5 heteroatoms. The van der Waals surface area contributed by atoms with Gasteiger partial charge >= 0.3 is 0 Å². The van der Waals surface area contributed by atoms with E-state index in [0.717, 1.165) is 17.3 Å². The first-order valence-corrected chi connectivity index (χ1v) is 6.56. The van der Waals surface area contributed by atoms with Crippen molar-refractivity contribution >= 4 is 22.8 Å². The molecule has 0 fully saturated rings. The molecular formula is C13H15FN2OS. The molecule has 0 saturated heterocycles. The Labute approximate surface area is 110 Å². The van der Waals surface area contributed by atoms with E-state index in [1.54, 1.807) is 6.92 Å². The Hall–Kier alpha value is -1.36. The minimum Gasteiger partial charge on any atom is -0.358 e. The summed E-state index contributed by atoms with van der Waals surface area (Å²) in [4.78, 5) is 15.4. The Morgan fingerprint density at radius 3 is 2.67 bits per heavy atom. The van der Waals surface area contributed by atoms with Crippen LogP contribution in [0, 0.1) is 0 Å². The number of carbonyl (C=O) groups is 1. The maximum atomic E-state index is 12.8. The first kappa shape index (κ1) is 13.1. The SMILES string of the molecule is C[C@H](NC1=NC(=O)C(C)(CF)S1)c1ccccc1. The van der Waals surface area contributed by atoms with Gasteiger partial charge in [0.2, 0.25) is 0 Å². The number of hydrogen-bond acceptors (Lipinski definition) is 3. The molecule has 2 rings (SSSR count). The van der Waals surface area contributed by atoms with Crippen LogP contribution in [0.25, 0.3) is 0 Å². The topological polar surface area (TPSA) is 41.5 Å². The van der Waals surface area contributed by atoms with Crippen LogP contribution >= 0.6 is 11.8 Å². The zero-order chi connectivity index (χ0) is 13.2. The lowest BCUT2D eigenvalue weighted by Crippen LogP contribution is -2.30. The van der Waals surface area contributed by atoms with E-state index in [0.29, 0.717) is 5.17 Å². The van der Waals surface area contributed by atoms with Crippen molar-refractivity contribution in [2.75, 3.05) is 6.67 Å². The molecule has 3 nitrogen and oxygen atoms in total. The van der Waals surface area contributed by atoms with Gasteiger partial charge in [0, 0.05) is 0 Å². The molecular weight excluding hydrogens is 251 g/mol. The molecule has 0 bridgehead atoms. The van der Waals surface area contributed by atoms with Gasteiger partial charge < -0.3 is 5.32 Å². The van der Waals surface area contributed by atoms with Crippen molar-refractivity contribution in [3.8, 4) is 0 Å². The van der Waals surface area contributed by atoms with Crippen molar-refractivity contribution in [2.24, 2.45) is 4.99 Å². The van der Waals surface area contributed by atoms with Crippen LogP contribution in [-0.4, -0.2) is 22.5 Å². The molecule has 0 saturated carbocycles. The number of thioether (sulfide) groups is 1. The molecule has 1 aromatic rings. The Morgan fingerprint density at radius 2 is 2.11 bits per heavy atom. The van der Waals surface area contributed by atoms with Gasteiger partial charge in [-0.2, -0.15) is 4.99 Å². The van der Waals surface area contributed by atoms with E-state index in [1.807, 2.05) is 37.3 Å². The van der Waals surface area contributed by atoms with Crippen molar-refractivity contribution in [2.45, 2.75) is 24.6 Å². The third-order valence-corrected chi connectivity index (χ3v) is 4.01. The third-order valence-electron chi connectivity index (χ3n) is 2.87. The number of aliphatic imine (C=N–C) groups is 1. The zero-order valence-corrected chi connectivity index (χ0v) is 11.1. The fourth-order valence-electron chi connectivity index (χ4n) is 1.65. The second-order valence-electron chi connectivity index (χ2n) is 4.47. The molecule has 0 aliphatic carbocycles. The highest BCUT2D eigenvalue weighted by Gasteiger charge is 2.41. The first-order valence-electron chi connectivity index (χ1n) is 5.75. The highest BCUT2D eigenvalue weighted by Crippen LogP contribution is 2.34. The molecule has 96 valence electrons. The average molecular weight is 266 g/mol. The van der Waals surface area contributed by atoms with Crippen molar-refractivity contribution in [3.63, 3.8) is 0 Å². The number of nitrogens with one attached hydrogen (secondary N) is 1. The van der Waals surface area contributed by atoms with Crippen LogP contribution in [0.15, 0.2) is 35.3 Å². The Kier molecular flexibility index (Phi) is 3.71. The summed E-state index contributed by atoms with van der Waals surface area (Å²) in [6.45, 7) is 2.85. The molecule has 1 aliphatic heterocycles. The number of nitrogens with zero attached hydrogens (tertiary/aromatic N) is 1.